The maximum Gasteiger partial charge on any atom is 0.231 e. The quantitative estimate of drug-likeness (QED) is 0.892. The van der Waals surface area contributed by atoms with Crippen LogP contribution >= 0.6 is 0 Å². The van der Waals surface area contributed by atoms with Crippen molar-refractivity contribution >= 4 is 5.91 Å². The third kappa shape index (κ3) is 3.54. The van der Waals surface area contributed by atoms with Crippen LogP contribution in [0, 0.1) is 0 Å². The van der Waals surface area contributed by atoms with Gasteiger partial charge in [-0.3, -0.25) is 4.79 Å². The largest absolute Gasteiger partial charge is 0.492 e. The number of para-hydroxylation sites is 1. The van der Waals surface area contributed by atoms with Crippen molar-refractivity contribution in [2.24, 2.45) is 0 Å². The second-order valence-electron chi connectivity index (χ2n) is 5.97. The molecule has 0 spiro atoms. The van der Waals surface area contributed by atoms with Crippen LogP contribution < -0.4 is 10.1 Å². The Morgan fingerprint density at radius 3 is 2.70 bits per heavy atom. The molecule has 23 heavy (non-hydrogen) atoms. The summed E-state index contributed by atoms with van der Waals surface area (Å²) in [6.07, 6.45) is -0.107. The van der Waals surface area contributed by atoms with E-state index < -0.39 is 6.10 Å². The number of rotatable bonds is 5. The van der Waals surface area contributed by atoms with Crippen LogP contribution in [0.25, 0.3) is 0 Å². The van der Waals surface area contributed by atoms with E-state index in [2.05, 4.69) is 5.32 Å². The molecule has 120 valence electrons. The van der Waals surface area contributed by atoms with Gasteiger partial charge in [0, 0.05) is 11.6 Å². The Morgan fingerprint density at radius 2 is 1.91 bits per heavy atom. The number of fused-ring (bicyclic) bond motifs is 1. The van der Waals surface area contributed by atoms with Crippen molar-refractivity contribution < 1.29 is 14.6 Å². The molecule has 0 saturated heterocycles. The van der Waals surface area contributed by atoms with Crippen LogP contribution in [0.3, 0.4) is 0 Å². The predicted octanol–water partition coefficient (Wildman–Crippen LogP) is 2.79. The summed E-state index contributed by atoms with van der Waals surface area (Å²) in [5.41, 5.74) is 1.80. The molecule has 3 atom stereocenters. The fourth-order valence-corrected chi connectivity index (χ4v) is 2.93. The highest BCUT2D eigenvalue weighted by atomic mass is 16.5. The van der Waals surface area contributed by atoms with E-state index in [0.717, 1.165) is 16.9 Å². The van der Waals surface area contributed by atoms with Gasteiger partial charge < -0.3 is 15.2 Å². The number of nitrogens with one attached hydrogen (secondary N) is 1. The van der Waals surface area contributed by atoms with Gasteiger partial charge in [0.2, 0.25) is 5.91 Å². The molecule has 1 heterocycles. The first-order valence-corrected chi connectivity index (χ1v) is 7.90. The number of carbonyl (C=O) groups is 1. The van der Waals surface area contributed by atoms with E-state index in [0.29, 0.717) is 13.0 Å². The Hall–Kier alpha value is -2.33. The van der Waals surface area contributed by atoms with Crippen molar-refractivity contribution in [2.45, 2.75) is 31.4 Å². The van der Waals surface area contributed by atoms with Crippen molar-refractivity contribution in [2.75, 3.05) is 6.61 Å². The molecule has 4 heteroatoms. The lowest BCUT2D eigenvalue weighted by Gasteiger charge is -2.20. The first-order valence-electron chi connectivity index (χ1n) is 7.90. The fourth-order valence-electron chi connectivity index (χ4n) is 2.93. The second kappa shape index (κ2) is 6.84. The minimum Gasteiger partial charge on any atom is -0.492 e. The minimum atomic E-state index is -0.585. The van der Waals surface area contributed by atoms with Crippen LogP contribution in [-0.2, 0) is 4.79 Å². The van der Waals surface area contributed by atoms with E-state index in [1.54, 1.807) is 0 Å². The van der Waals surface area contributed by atoms with E-state index in [1.165, 1.54) is 0 Å². The highest BCUT2D eigenvalue weighted by molar-refractivity contribution is 5.85. The maximum absolute atomic E-state index is 12.5. The molecule has 1 aliphatic rings. The molecule has 0 bridgehead atoms. The molecule has 3 rings (SSSR count). The fraction of sp³-hybridized carbons (Fsp3) is 0.316. The summed E-state index contributed by atoms with van der Waals surface area (Å²) in [6.45, 7) is 2.28. The second-order valence-corrected chi connectivity index (χ2v) is 5.97. The first kappa shape index (κ1) is 15.6. The number of carbonyl (C=O) groups excluding carboxylic acids is 1. The molecular formula is C19H21NO3. The zero-order valence-electron chi connectivity index (χ0n) is 13.1. The summed E-state index contributed by atoms with van der Waals surface area (Å²) in [6, 6.07) is 17.0. The van der Waals surface area contributed by atoms with Gasteiger partial charge in [0.1, 0.15) is 18.3 Å². The Kier molecular flexibility index (Phi) is 4.63. The molecule has 0 aliphatic carbocycles. The van der Waals surface area contributed by atoms with Gasteiger partial charge in [-0.25, -0.2) is 0 Å². The maximum atomic E-state index is 12.5. The Morgan fingerprint density at radius 1 is 1.22 bits per heavy atom. The van der Waals surface area contributed by atoms with Crippen LogP contribution in [-0.4, -0.2) is 23.7 Å². The molecule has 1 amide bonds. The van der Waals surface area contributed by atoms with E-state index in [4.69, 9.17) is 4.74 Å². The van der Waals surface area contributed by atoms with Crippen molar-refractivity contribution in [1.29, 1.82) is 0 Å². The highest BCUT2D eigenvalue weighted by Gasteiger charge is 2.30. The lowest BCUT2D eigenvalue weighted by atomic mass is 9.99. The Labute approximate surface area is 136 Å². The van der Waals surface area contributed by atoms with Crippen molar-refractivity contribution in [3.05, 3.63) is 65.7 Å². The summed E-state index contributed by atoms with van der Waals surface area (Å²) < 4.78 is 5.55. The summed E-state index contributed by atoms with van der Waals surface area (Å²) in [4.78, 5) is 12.5. The molecule has 4 nitrogen and oxygen atoms in total. The van der Waals surface area contributed by atoms with Gasteiger partial charge >= 0.3 is 0 Å². The van der Waals surface area contributed by atoms with E-state index in [1.807, 2.05) is 61.5 Å². The number of hydrogen-bond acceptors (Lipinski definition) is 3. The lowest BCUT2D eigenvalue weighted by molar-refractivity contribution is -0.123. The highest BCUT2D eigenvalue weighted by Crippen LogP contribution is 2.33. The normalized spacial score (nSPS) is 18.6. The van der Waals surface area contributed by atoms with Crippen LogP contribution in [0.5, 0.6) is 5.75 Å². The zero-order valence-corrected chi connectivity index (χ0v) is 13.1. The number of amides is 1. The number of aliphatic hydroxyl groups is 1. The van der Waals surface area contributed by atoms with Gasteiger partial charge in [-0.1, -0.05) is 48.5 Å². The Balaban J connectivity index is 1.58. The van der Waals surface area contributed by atoms with Crippen LogP contribution in [0.2, 0.25) is 0 Å². The standard InChI is InChI=1S/C19H21NO3/c1-13(11-17(21)14-7-3-2-4-8-14)20-19(22)16-12-23-18-10-6-5-9-15(16)18/h2-10,13,16-17,21H,11-12H2,1H3,(H,20,22)/t13-,16+,17+/m0/s1. The van der Waals surface area contributed by atoms with E-state index in [9.17, 15) is 9.90 Å². The van der Waals surface area contributed by atoms with Gasteiger partial charge in [-0.2, -0.15) is 0 Å². The summed E-state index contributed by atoms with van der Waals surface area (Å²) >= 11 is 0. The summed E-state index contributed by atoms with van der Waals surface area (Å²) in [5, 5.41) is 13.2. The summed E-state index contributed by atoms with van der Waals surface area (Å²) in [7, 11) is 0. The average Bonchev–Trinajstić information content (AvgIpc) is 2.99. The molecule has 0 saturated carbocycles. The third-order valence-corrected chi connectivity index (χ3v) is 4.17. The molecule has 0 aromatic heterocycles. The van der Waals surface area contributed by atoms with Gasteiger partial charge in [0.15, 0.2) is 0 Å². The lowest BCUT2D eigenvalue weighted by Crippen LogP contribution is -2.37. The van der Waals surface area contributed by atoms with Crippen molar-refractivity contribution in [1.82, 2.24) is 5.32 Å². The minimum absolute atomic E-state index is 0.0530. The summed E-state index contributed by atoms with van der Waals surface area (Å²) in [5.74, 6) is 0.454. The van der Waals surface area contributed by atoms with E-state index in [-0.39, 0.29) is 17.9 Å². The number of benzene rings is 2. The van der Waals surface area contributed by atoms with Crippen molar-refractivity contribution in [3.63, 3.8) is 0 Å². The first-order chi connectivity index (χ1) is 11.1. The molecule has 0 fully saturated rings. The predicted molar refractivity (Wildman–Crippen MR) is 88.3 cm³/mol. The van der Waals surface area contributed by atoms with Gasteiger partial charge in [-0.05, 0) is 25.0 Å². The number of ether oxygens (including phenoxy) is 1. The van der Waals surface area contributed by atoms with Crippen LogP contribution in [0.1, 0.15) is 36.5 Å². The number of hydrogen-bond donors (Lipinski definition) is 2. The van der Waals surface area contributed by atoms with E-state index >= 15 is 0 Å². The monoisotopic (exact) mass is 311 g/mol. The SMILES string of the molecule is C[C@@H](C[C@@H](O)c1ccccc1)NC(=O)[C@@H]1COc2ccccc21. The number of aliphatic hydroxyl groups excluding tert-OH is 1. The van der Waals surface area contributed by atoms with Gasteiger partial charge in [-0.15, -0.1) is 0 Å². The van der Waals surface area contributed by atoms with Crippen LogP contribution in [0.15, 0.2) is 54.6 Å². The average molecular weight is 311 g/mol. The Bertz CT molecular complexity index is 671. The molecule has 2 aromatic carbocycles. The molecule has 1 aliphatic heterocycles. The third-order valence-electron chi connectivity index (χ3n) is 4.17. The van der Waals surface area contributed by atoms with Crippen LogP contribution in [0.4, 0.5) is 0 Å². The molecular weight excluding hydrogens is 290 g/mol. The van der Waals surface area contributed by atoms with Crippen molar-refractivity contribution in [3.8, 4) is 5.75 Å². The van der Waals surface area contributed by atoms with Gasteiger partial charge in [0.05, 0.1) is 6.10 Å². The molecule has 2 N–H and O–H groups in total. The zero-order chi connectivity index (χ0) is 16.2. The molecule has 0 unspecified atom stereocenters. The topological polar surface area (TPSA) is 58.6 Å². The van der Waals surface area contributed by atoms with Gasteiger partial charge in [0.25, 0.3) is 0 Å². The smallest absolute Gasteiger partial charge is 0.231 e. The molecule has 0 radical (unpaired) electrons. The molecule has 2 aromatic rings.